The van der Waals surface area contributed by atoms with Crippen molar-refractivity contribution in [1.82, 2.24) is 19.4 Å². The van der Waals surface area contributed by atoms with Crippen LogP contribution in [0.3, 0.4) is 0 Å². The van der Waals surface area contributed by atoms with Crippen LogP contribution in [0.5, 0.6) is 0 Å². The number of carbonyl (C=O) groups excluding carboxylic acids is 1. The minimum Gasteiger partial charge on any atom is -0.379 e. The number of carbonyl (C=O) groups is 1. The van der Waals surface area contributed by atoms with Crippen LogP contribution in [0.2, 0.25) is 0 Å². The second-order valence-electron chi connectivity index (χ2n) is 7.80. The molecule has 0 radical (unpaired) electrons. The highest BCUT2D eigenvalue weighted by Crippen LogP contribution is 2.26. The van der Waals surface area contributed by atoms with E-state index in [2.05, 4.69) is 10.2 Å². The zero-order chi connectivity index (χ0) is 21.0. The lowest BCUT2D eigenvalue weighted by molar-refractivity contribution is 0.0385. The Labute approximate surface area is 173 Å². The van der Waals surface area contributed by atoms with E-state index in [4.69, 9.17) is 4.74 Å². The molecule has 0 saturated carbocycles. The van der Waals surface area contributed by atoms with Crippen LogP contribution in [-0.2, 0) is 14.8 Å². The molecule has 29 heavy (non-hydrogen) atoms. The zero-order valence-corrected chi connectivity index (χ0v) is 18.4. The Morgan fingerprint density at radius 2 is 1.59 bits per heavy atom. The Hall–Kier alpha value is -1.68. The summed E-state index contributed by atoms with van der Waals surface area (Å²) in [5.41, 5.74) is 2.59. The van der Waals surface area contributed by atoms with Crippen molar-refractivity contribution in [3.05, 3.63) is 28.8 Å². The summed E-state index contributed by atoms with van der Waals surface area (Å²) in [7, 11) is -3.56. The summed E-state index contributed by atoms with van der Waals surface area (Å²) in [4.78, 5) is 16.8. The van der Waals surface area contributed by atoms with E-state index in [-0.39, 0.29) is 6.03 Å². The summed E-state index contributed by atoms with van der Waals surface area (Å²) in [6, 6.07) is 3.67. The number of rotatable bonds is 5. The monoisotopic (exact) mass is 424 g/mol. The average molecular weight is 425 g/mol. The molecule has 0 bridgehead atoms. The number of sulfonamides is 1. The van der Waals surface area contributed by atoms with Crippen molar-refractivity contribution < 1.29 is 17.9 Å². The van der Waals surface area contributed by atoms with Gasteiger partial charge >= 0.3 is 6.03 Å². The van der Waals surface area contributed by atoms with Gasteiger partial charge in [0.05, 0.1) is 18.1 Å². The first-order valence-electron chi connectivity index (χ1n) is 10.2. The van der Waals surface area contributed by atoms with Gasteiger partial charge in [0.1, 0.15) is 0 Å². The normalized spacial score (nSPS) is 19.3. The fraction of sp³-hybridized carbons (Fsp3) is 0.650. The Morgan fingerprint density at radius 3 is 2.17 bits per heavy atom. The Bertz CT molecular complexity index is 806. The maximum atomic E-state index is 13.2. The van der Waals surface area contributed by atoms with Gasteiger partial charge in [-0.15, -0.1) is 0 Å². The van der Waals surface area contributed by atoms with Crippen LogP contribution >= 0.6 is 0 Å². The summed E-state index contributed by atoms with van der Waals surface area (Å²) in [6.45, 7) is 11.7. The molecule has 0 aliphatic carbocycles. The molecule has 0 aromatic heterocycles. The van der Waals surface area contributed by atoms with Gasteiger partial charge in [-0.25, -0.2) is 13.2 Å². The summed E-state index contributed by atoms with van der Waals surface area (Å²) in [6.07, 6.45) is 0. The Balaban J connectivity index is 1.52. The molecule has 2 fully saturated rings. The topological polar surface area (TPSA) is 82.2 Å². The molecule has 8 nitrogen and oxygen atoms in total. The number of hydrogen-bond donors (Lipinski definition) is 1. The number of aryl methyl sites for hydroxylation is 3. The van der Waals surface area contributed by atoms with Crippen LogP contribution in [0.25, 0.3) is 0 Å². The van der Waals surface area contributed by atoms with Crippen molar-refractivity contribution in [2.75, 3.05) is 65.6 Å². The van der Waals surface area contributed by atoms with E-state index < -0.39 is 10.0 Å². The smallest absolute Gasteiger partial charge is 0.317 e. The van der Waals surface area contributed by atoms with Gasteiger partial charge in [-0.3, -0.25) is 4.90 Å². The molecule has 2 aliphatic heterocycles. The van der Waals surface area contributed by atoms with Gasteiger partial charge in [0.25, 0.3) is 0 Å². The van der Waals surface area contributed by atoms with Crippen molar-refractivity contribution in [2.45, 2.75) is 25.7 Å². The predicted octanol–water partition coefficient (Wildman–Crippen LogP) is 0.960. The molecule has 1 aromatic carbocycles. The quantitative estimate of drug-likeness (QED) is 0.761. The van der Waals surface area contributed by atoms with Crippen LogP contribution in [0.4, 0.5) is 4.79 Å². The lowest BCUT2D eigenvalue weighted by Crippen LogP contribution is -2.54. The molecular formula is C20H32N4O4S. The number of nitrogens with one attached hydrogen (secondary N) is 1. The van der Waals surface area contributed by atoms with Crippen molar-refractivity contribution in [2.24, 2.45) is 0 Å². The van der Waals surface area contributed by atoms with Crippen LogP contribution in [0.15, 0.2) is 17.0 Å². The van der Waals surface area contributed by atoms with E-state index in [0.717, 1.165) is 49.5 Å². The van der Waals surface area contributed by atoms with E-state index in [1.807, 2.05) is 32.9 Å². The second kappa shape index (κ2) is 9.42. The highest BCUT2D eigenvalue weighted by molar-refractivity contribution is 7.89. The Kier molecular flexibility index (Phi) is 7.15. The molecular weight excluding hydrogens is 392 g/mol. The lowest BCUT2D eigenvalue weighted by Gasteiger charge is -2.34. The first kappa shape index (κ1) is 22.0. The molecule has 0 atom stereocenters. The fourth-order valence-electron chi connectivity index (χ4n) is 4.09. The van der Waals surface area contributed by atoms with Gasteiger partial charge in [0, 0.05) is 52.4 Å². The summed E-state index contributed by atoms with van der Waals surface area (Å²) >= 11 is 0. The van der Waals surface area contributed by atoms with Gasteiger partial charge in [-0.2, -0.15) is 4.31 Å². The van der Waals surface area contributed by atoms with E-state index in [1.165, 1.54) is 4.31 Å². The highest BCUT2D eigenvalue weighted by atomic mass is 32.2. The fourth-order valence-corrected chi connectivity index (χ4v) is 5.93. The van der Waals surface area contributed by atoms with Crippen molar-refractivity contribution in [3.63, 3.8) is 0 Å². The van der Waals surface area contributed by atoms with Crippen molar-refractivity contribution in [3.8, 4) is 0 Å². The number of hydrogen-bond acceptors (Lipinski definition) is 5. The maximum absolute atomic E-state index is 13.2. The Morgan fingerprint density at radius 1 is 1.00 bits per heavy atom. The number of ether oxygens (including phenoxy) is 1. The SMILES string of the molecule is Cc1cc(C)c(S(=O)(=O)N2CCN(C(=O)NCCN3CCOCC3)CC2)c(C)c1. The van der Waals surface area contributed by atoms with Gasteiger partial charge < -0.3 is 15.0 Å². The molecule has 0 spiro atoms. The van der Waals surface area contributed by atoms with E-state index >= 15 is 0 Å². The van der Waals surface area contributed by atoms with Gasteiger partial charge in [0.2, 0.25) is 10.0 Å². The third-order valence-corrected chi connectivity index (χ3v) is 7.74. The standard InChI is InChI=1S/C20H32N4O4S/c1-16-14-17(2)19(18(3)15-16)29(26,27)24-8-6-23(7-9-24)20(25)21-4-5-22-10-12-28-13-11-22/h14-15H,4-13H2,1-3H3,(H,21,25). The molecule has 162 valence electrons. The van der Waals surface area contributed by atoms with Crippen molar-refractivity contribution >= 4 is 16.1 Å². The predicted molar refractivity (Wildman–Crippen MR) is 112 cm³/mol. The van der Waals surface area contributed by atoms with Crippen LogP contribution in [0, 0.1) is 20.8 Å². The first-order chi connectivity index (χ1) is 13.8. The number of benzene rings is 1. The third kappa shape index (κ3) is 5.28. The second-order valence-corrected chi connectivity index (χ2v) is 9.68. The average Bonchev–Trinajstić information content (AvgIpc) is 2.68. The van der Waals surface area contributed by atoms with Crippen LogP contribution in [-0.4, -0.2) is 94.1 Å². The third-order valence-electron chi connectivity index (χ3n) is 5.54. The molecule has 9 heteroatoms. The number of morpholine rings is 1. The molecule has 2 saturated heterocycles. The van der Waals surface area contributed by atoms with Gasteiger partial charge in [-0.05, 0) is 31.9 Å². The minimum atomic E-state index is -3.56. The zero-order valence-electron chi connectivity index (χ0n) is 17.6. The number of amides is 2. The van der Waals surface area contributed by atoms with E-state index in [1.54, 1.807) is 4.90 Å². The van der Waals surface area contributed by atoms with E-state index in [9.17, 15) is 13.2 Å². The summed E-state index contributed by atoms with van der Waals surface area (Å²) in [5, 5.41) is 2.95. The van der Waals surface area contributed by atoms with E-state index in [0.29, 0.717) is 37.6 Å². The van der Waals surface area contributed by atoms with Crippen LogP contribution < -0.4 is 5.32 Å². The molecule has 1 N–H and O–H groups in total. The number of urea groups is 1. The molecule has 2 heterocycles. The van der Waals surface area contributed by atoms with Gasteiger partial charge in [-0.1, -0.05) is 17.7 Å². The number of nitrogens with zero attached hydrogens (tertiary/aromatic N) is 3. The highest BCUT2D eigenvalue weighted by Gasteiger charge is 2.32. The molecule has 2 amide bonds. The van der Waals surface area contributed by atoms with Crippen molar-refractivity contribution in [1.29, 1.82) is 0 Å². The first-order valence-corrected chi connectivity index (χ1v) is 11.6. The number of piperazine rings is 1. The molecule has 0 unspecified atom stereocenters. The minimum absolute atomic E-state index is 0.127. The molecule has 1 aromatic rings. The molecule has 3 rings (SSSR count). The van der Waals surface area contributed by atoms with Gasteiger partial charge in [0.15, 0.2) is 0 Å². The summed E-state index contributed by atoms with van der Waals surface area (Å²) < 4.78 is 33.1. The lowest BCUT2D eigenvalue weighted by atomic mass is 10.1. The molecule has 2 aliphatic rings. The largest absolute Gasteiger partial charge is 0.379 e. The van der Waals surface area contributed by atoms with Crippen LogP contribution in [0.1, 0.15) is 16.7 Å². The summed E-state index contributed by atoms with van der Waals surface area (Å²) in [5.74, 6) is 0. The maximum Gasteiger partial charge on any atom is 0.317 e.